The molecule has 4 N–H and O–H groups in total. The van der Waals surface area contributed by atoms with Crippen molar-refractivity contribution in [3.8, 4) is 0 Å². The summed E-state index contributed by atoms with van der Waals surface area (Å²) in [7, 11) is 0. The molecule has 11 heavy (non-hydrogen) atoms. The maximum absolute atomic E-state index is 11.0. The summed E-state index contributed by atoms with van der Waals surface area (Å²) in [5, 5.41) is 11.4. The fraction of sp³-hybridized carbons (Fsp3) is 0.833. The predicted octanol–water partition coefficient (Wildman–Crippen LogP) is -0.728. The number of nitrogens with one attached hydrogen (secondary N) is 1. The summed E-state index contributed by atoms with van der Waals surface area (Å²) in [6.07, 6.45) is -1.22. The SMILES string of the molecule is CCNC(=O)N(CC)C(N)O. The molecule has 0 bridgehead atoms. The van der Waals surface area contributed by atoms with Crippen molar-refractivity contribution in [3.63, 3.8) is 0 Å². The highest BCUT2D eigenvalue weighted by Gasteiger charge is 2.14. The van der Waals surface area contributed by atoms with Crippen LogP contribution in [0.15, 0.2) is 0 Å². The normalized spacial score (nSPS) is 12.4. The third-order valence-corrected chi connectivity index (χ3v) is 1.25. The standard InChI is InChI=1S/C6H15N3O2/c1-3-8-6(11)9(4-2)5(7)10/h5,10H,3-4,7H2,1-2H3,(H,8,11). The van der Waals surface area contributed by atoms with Crippen molar-refractivity contribution in [3.05, 3.63) is 0 Å². The van der Waals surface area contributed by atoms with Crippen LogP contribution >= 0.6 is 0 Å². The van der Waals surface area contributed by atoms with Crippen molar-refractivity contribution in [2.24, 2.45) is 5.73 Å². The Kier molecular flexibility index (Phi) is 4.56. The van der Waals surface area contributed by atoms with E-state index in [1.54, 1.807) is 13.8 Å². The molecule has 0 spiro atoms. The van der Waals surface area contributed by atoms with E-state index in [2.05, 4.69) is 5.32 Å². The average Bonchev–Trinajstić information content (AvgIpc) is 1.88. The van der Waals surface area contributed by atoms with Gasteiger partial charge in [-0.05, 0) is 13.8 Å². The van der Waals surface area contributed by atoms with Gasteiger partial charge in [-0.3, -0.25) is 10.6 Å². The number of hydrogen-bond acceptors (Lipinski definition) is 3. The van der Waals surface area contributed by atoms with E-state index in [4.69, 9.17) is 10.8 Å². The van der Waals surface area contributed by atoms with Crippen LogP contribution in [0.4, 0.5) is 4.79 Å². The quantitative estimate of drug-likeness (QED) is 0.478. The van der Waals surface area contributed by atoms with Crippen LogP contribution in [0.1, 0.15) is 13.8 Å². The van der Waals surface area contributed by atoms with Crippen LogP contribution in [0.5, 0.6) is 0 Å². The van der Waals surface area contributed by atoms with E-state index < -0.39 is 6.35 Å². The average molecular weight is 161 g/mol. The Labute approximate surface area is 66.2 Å². The Bertz CT molecular complexity index is 127. The van der Waals surface area contributed by atoms with Gasteiger partial charge in [0.15, 0.2) is 6.35 Å². The first-order valence-corrected chi connectivity index (χ1v) is 3.61. The van der Waals surface area contributed by atoms with Crippen LogP contribution in [-0.2, 0) is 0 Å². The Morgan fingerprint density at radius 2 is 2.27 bits per heavy atom. The molecule has 0 fully saturated rings. The fourth-order valence-corrected chi connectivity index (χ4v) is 0.704. The number of nitrogens with two attached hydrogens (primary N) is 1. The number of aliphatic hydroxyl groups is 1. The Morgan fingerprint density at radius 3 is 2.55 bits per heavy atom. The second-order valence-corrected chi connectivity index (χ2v) is 2.04. The molecule has 0 aromatic heterocycles. The first-order chi connectivity index (χ1) is 5.13. The summed E-state index contributed by atoms with van der Waals surface area (Å²) in [6, 6.07) is -0.343. The maximum Gasteiger partial charge on any atom is 0.320 e. The van der Waals surface area contributed by atoms with E-state index in [-0.39, 0.29) is 6.03 Å². The van der Waals surface area contributed by atoms with Crippen molar-refractivity contribution in [1.82, 2.24) is 10.2 Å². The summed E-state index contributed by atoms with van der Waals surface area (Å²) >= 11 is 0. The van der Waals surface area contributed by atoms with Gasteiger partial charge in [-0.2, -0.15) is 0 Å². The summed E-state index contributed by atoms with van der Waals surface area (Å²) in [4.78, 5) is 12.1. The summed E-state index contributed by atoms with van der Waals surface area (Å²) in [6.45, 7) is 4.46. The molecule has 0 heterocycles. The molecule has 0 rings (SSSR count). The molecule has 66 valence electrons. The van der Waals surface area contributed by atoms with Crippen LogP contribution in [0, 0.1) is 0 Å². The minimum absolute atomic E-state index is 0.343. The zero-order chi connectivity index (χ0) is 8.85. The highest BCUT2D eigenvalue weighted by Crippen LogP contribution is 1.89. The lowest BCUT2D eigenvalue weighted by atomic mass is 10.6. The summed E-state index contributed by atoms with van der Waals surface area (Å²) in [5.41, 5.74) is 5.10. The molecule has 0 radical (unpaired) electrons. The van der Waals surface area contributed by atoms with Gasteiger partial charge >= 0.3 is 6.03 Å². The molecule has 0 aliphatic carbocycles. The lowest BCUT2D eigenvalue weighted by Crippen LogP contribution is -2.50. The molecular formula is C6H15N3O2. The predicted molar refractivity (Wildman–Crippen MR) is 41.6 cm³/mol. The molecule has 0 saturated carbocycles. The van der Waals surface area contributed by atoms with Crippen molar-refractivity contribution in [1.29, 1.82) is 0 Å². The van der Waals surface area contributed by atoms with E-state index in [1.165, 1.54) is 0 Å². The van der Waals surface area contributed by atoms with E-state index >= 15 is 0 Å². The highest BCUT2D eigenvalue weighted by atomic mass is 16.3. The largest absolute Gasteiger partial charge is 0.361 e. The number of aliphatic hydroxyl groups excluding tert-OH is 1. The third-order valence-electron chi connectivity index (χ3n) is 1.25. The molecule has 0 saturated heterocycles. The zero-order valence-electron chi connectivity index (χ0n) is 6.87. The number of urea groups is 1. The second-order valence-electron chi connectivity index (χ2n) is 2.04. The van der Waals surface area contributed by atoms with Crippen LogP contribution in [-0.4, -0.2) is 35.5 Å². The van der Waals surface area contributed by atoms with Gasteiger partial charge in [-0.1, -0.05) is 0 Å². The van der Waals surface area contributed by atoms with Gasteiger partial charge in [0.05, 0.1) is 0 Å². The molecule has 1 unspecified atom stereocenters. The van der Waals surface area contributed by atoms with Gasteiger partial charge in [-0.25, -0.2) is 4.79 Å². The number of hydrogen-bond donors (Lipinski definition) is 3. The van der Waals surface area contributed by atoms with E-state index in [9.17, 15) is 4.79 Å². The van der Waals surface area contributed by atoms with Crippen LogP contribution in [0.25, 0.3) is 0 Å². The van der Waals surface area contributed by atoms with E-state index in [0.717, 1.165) is 4.90 Å². The monoisotopic (exact) mass is 161 g/mol. The van der Waals surface area contributed by atoms with Crippen LogP contribution in [0.3, 0.4) is 0 Å². The lowest BCUT2D eigenvalue weighted by Gasteiger charge is -2.23. The number of amides is 2. The lowest BCUT2D eigenvalue weighted by molar-refractivity contribution is 0.0394. The van der Waals surface area contributed by atoms with Gasteiger partial charge in [-0.15, -0.1) is 0 Å². The molecule has 2 amide bonds. The third kappa shape index (κ3) is 3.20. The van der Waals surface area contributed by atoms with Gasteiger partial charge < -0.3 is 10.4 Å². The molecular weight excluding hydrogens is 146 g/mol. The topological polar surface area (TPSA) is 78.6 Å². The number of carbonyl (C=O) groups excluding carboxylic acids is 1. The second kappa shape index (κ2) is 4.92. The molecule has 5 heteroatoms. The number of rotatable bonds is 3. The summed E-state index contributed by atoms with van der Waals surface area (Å²) < 4.78 is 0. The van der Waals surface area contributed by atoms with Gasteiger partial charge in [0, 0.05) is 13.1 Å². The summed E-state index contributed by atoms with van der Waals surface area (Å²) in [5.74, 6) is 0. The highest BCUT2D eigenvalue weighted by molar-refractivity contribution is 5.74. The molecule has 0 aliphatic heterocycles. The van der Waals surface area contributed by atoms with Crippen LogP contribution < -0.4 is 11.1 Å². The fourth-order valence-electron chi connectivity index (χ4n) is 0.704. The smallest absolute Gasteiger partial charge is 0.320 e. The molecule has 1 atom stereocenters. The van der Waals surface area contributed by atoms with Crippen molar-refractivity contribution < 1.29 is 9.90 Å². The molecule has 0 aromatic rings. The van der Waals surface area contributed by atoms with Gasteiger partial charge in [0.2, 0.25) is 0 Å². The van der Waals surface area contributed by atoms with Crippen molar-refractivity contribution >= 4 is 6.03 Å². The van der Waals surface area contributed by atoms with Crippen LogP contribution in [0.2, 0.25) is 0 Å². The minimum atomic E-state index is -1.22. The van der Waals surface area contributed by atoms with E-state index in [0.29, 0.717) is 13.1 Å². The molecule has 0 aliphatic rings. The Morgan fingerprint density at radius 1 is 1.73 bits per heavy atom. The molecule has 5 nitrogen and oxygen atoms in total. The Hall–Kier alpha value is -0.810. The van der Waals surface area contributed by atoms with Gasteiger partial charge in [0.25, 0.3) is 0 Å². The first-order valence-electron chi connectivity index (χ1n) is 3.61. The van der Waals surface area contributed by atoms with E-state index in [1.807, 2.05) is 0 Å². The first kappa shape index (κ1) is 10.2. The zero-order valence-corrected chi connectivity index (χ0v) is 6.87. The minimum Gasteiger partial charge on any atom is -0.361 e. The number of carbonyl (C=O) groups is 1. The van der Waals surface area contributed by atoms with Gasteiger partial charge in [0.1, 0.15) is 0 Å². The Balaban J connectivity index is 3.92. The van der Waals surface area contributed by atoms with Crippen molar-refractivity contribution in [2.45, 2.75) is 20.2 Å². The number of nitrogens with zero attached hydrogens (tertiary/aromatic N) is 1. The van der Waals surface area contributed by atoms with Crippen molar-refractivity contribution in [2.75, 3.05) is 13.1 Å². The molecule has 0 aromatic carbocycles. The maximum atomic E-state index is 11.0.